The molecule has 3 aromatic rings. The van der Waals surface area contributed by atoms with Crippen LogP contribution < -0.4 is 9.47 Å². The number of aromatic nitrogens is 1. The Labute approximate surface area is 188 Å². The van der Waals surface area contributed by atoms with Crippen LogP contribution in [0.1, 0.15) is 28.8 Å². The Morgan fingerprint density at radius 1 is 1.00 bits per heavy atom. The maximum Gasteiger partial charge on any atom is 0.337 e. The van der Waals surface area contributed by atoms with Gasteiger partial charge in [-0.3, -0.25) is 0 Å². The molecule has 6 nitrogen and oxygen atoms in total. The van der Waals surface area contributed by atoms with Gasteiger partial charge in [-0.1, -0.05) is 24.3 Å². The summed E-state index contributed by atoms with van der Waals surface area (Å²) in [5.74, 6) is 1.59. The minimum absolute atomic E-state index is 0.348. The van der Waals surface area contributed by atoms with E-state index in [-0.39, 0.29) is 5.97 Å². The molecule has 1 aliphatic rings. The van der Waals surface area contributed by atoms with Crippen molar-refractivity contribution in [3.8, 4) is 22.8 Å². The van der Waals surface area contributed by atoms with E-state index in [1.54, 1.807) is 12.1 Å². The van der Waals surface area contributed by atoms with Crippen molar-refractivity contribution in [3.63, 3.8) is 0 Å². The van der Waals surface area contributed by atoms with Gasteiger partial charge in [0, 0.05) is 31.0 Å². The summed E-state index contributed by atoms with van der Waals surface area (Å²) in [5.41, 5.74) is 3.50. The zero-order valence-corrected chi connectivity index (χ0v) is 18.2. The number of rotatable bonds is 8. The number of pyridine rings is 1. The third-order valence-corrected chi connectivity index (χ3v) is 5.49. The van der Waals surface area contributed by atoms with E-state index in [0.29, 0.717) is 30.6 Å². The van der Waals surface area contributed by atoms with E-state index in [0.717, 1.165) is 48.5 Å². The third-order valence-electron chi connectivity index (χ3n) is 5.49. The fraction of sp³-hybridized carbons (Fsp3) is 0.308. The first-order valence-electron chi connectivity index (χ1n) is 10.8. The van der Waals surface area contributed by atoms with Gasteiger partial charge < -0.3 is 18.9 Å². The first-order chi connectivity index (χ1) is 15.7. The maximum absolute atomic E-state index is 11.5. The van der Waals surface area contributed by atoms with Crippen molar-refractivity contribution < 1.29 is 23.7 Å². The molecule has 0 bridgehead atoms. The van der Waals surface area contributed by atoms with Crippen LogP contribution >= 0.6 is 0 Å². The van der Waals surface area contributed by atoms with E-state index >= 15 is 0 Å². The van der Waals surface area contributed by atoms with Crippen molar-refractivity contribution >= 4 is 5.97 Å². The number of hydrogen-bond donors (Lipinski definition) is 0. The minimum Gasteiger partial charge on any atom is -0.489 e. The Bertz CT molecular complexity index is 1010. The van der Waals surface area contributed by atoms with Crippen LogP contribution in [0.25, 0.3) is 11.1 Å². The van der Waals surface area contributed by atoms with Crippen LogP contribution in [0, 0.1) is 5.92 Å². The predicted molar refractivity (Wildman–Crippen MR) is 121 cm³/mol. The van der Waals surface area contributed by atoms with Gasteiger partial charge in [0.15, 0.2) is 0 Å². The smallest absolute Gasteiger partial charge is 0.337 e. The molecule has 0 atom stereocenters. The molecule has 2 aromatic carbocycles. The molecule has 0 unspecified atom stereocenters. The molecule has 0 aliphatic carbocycles. The van der Waals surface area contributed by atoms with Gasteiger partial charge in [0.2, 0.25) is 5.88 Å². The fourth-order valence-corrected chi connectivity index (χ4v) is 3.54. The van der Waals surface area contributed by atoms with Crippen molar-refractivity contribution in [1.29, 1.82) is 0 Å². The molecule has 0 radical (unpaired) electrons. The lowest BCUT2D eigenvalue weighted by atomic mass is 10.0. The highest BCUT2D eigenvalue weighted by atomic mass is 16.5. The average Bonchev–Trinajstić information content (AvgIpc) is 2.87. The molecule has 2 heterocycles. The van der Waals surface area contributed by atoms with Gasteiger partial charge >= 0.3 is 5.97 Å². The van der Waals surface area contributed by atoms with E-state index in [4.69, 9.17) is 18.9 Å². The van der Waals surface area contributed by atoms with E-state index < -0.39 is 0 Å². The van der Waals surface area contributed by atoms with Crippen molar-refractivity contribution in [1.82, 2.24) is 4.98 Å². The molecule has 0 spiro atoms. The Balaban J connectivity index is 1.33. The fourth-order valence-electron chi connectivity index (χ4n) is 3.54. The third kappa shape index (κ3) is 5.86. The summed E-state index contributed by atoms with van der Waals surface area (Å²) in [6.07, 6.45) is 3.91. The van der Waals surface area contributed by atoms with Gasteiger partial charge in [-0.15, -0.1) is 0 Å². The second kappa shape index (κ2) is 10.8. The molecule has 6 heteroatoms. The number of esters is 1. The van der Waals surface area contributed by atoms with Crippen LogP contribution in [-0.4, -0.2) is 37.9 Å². The monoisotopic (exact) mass is 433 g/mol. The number of hydrogen-bond acceptors (Lipinski definition) is 6. The number of carbonyl (C=O) groups excluding carboxylic acids is 1. The summed E-state index contributed by atoms with van der Waals surface area (Å²) in [6.45, 7) is 2.72. The van der Waals surface area contributed by atoms with Crippen molar-refractivity contribution in [2.24, 2.45) is 5.92 Å². The van der Waals surface area contributed by atoms with Crippen LogP contribution in [0.4, 0.5) is 0 Å². The maximum atomic E-state index is 11.5. The summed E-state index contributed by atoms with van der Waals surface area (Å²) in [6, 6.07) is 19.0. The minimum atomic E-state index is -0.348. The second-order valence-electron chi connectivity index (χ2n) is 7.76. The lowest BCUT2D eigenvalue weighted by molar-refractivity contribution is 0.0490. The second-order valence-corrected chi connectivity index (χ2v) is 7.76. The number of nitrogens with zero attached hydrogens (tertiary/aromatic N) is 1. The Kier molecular flexibility index (Phi) is 7.35. The molecule has 1 saturated heterocycles. The Hall–Kier alpha value is -3.38. The quantitative estimate of drug-likeness (QED) is 0.470. The Morgan fingerprint density at radius 2 is 1.81 bits per heavy atom. The Morgan fingerprint density at radius 3 is 2.53 bits per heavy atom. The highest BCUT2D eigenvalue weighted by Crippen LogP contribution is 2.25. The van der Waals surface area contributed by atoms with Crippen LogP contribution in [-0.2, 0) is 16.1 Å². The molecule has 1 aliphatic heterocycles. The molecule has 4 rings (SSSR count). The number of ether oxygens (including phenoxy) is 4. The predicted octanol–water partition coefficient (Wildman–Crippen LogP) is 4.92. The summed E-state index contributed by atoms with van der Waals surface area (Å²) in [5, 5.41) is 0. The van der Waals surface area contributed by atoms with Gasteiger partial charge in [-0.2, -0.15) is 0 Å². The highest BCUT2D eigenvalue weighted by Gasteiger charge is 2.14. The van der Waals surface area contributed by atoms with Crippen LogP contribution in [0.3, 0.4) is 0 Å². The SMILES string of the molecule is COC(=O)c1ccc(COc2cccc(-c3ccc(OCC4CCOCC4)nc3)c2)cc1. The zero-order valence-electron chi connectivity index (χ0n) is 18.2. The molecule has 32 heavy (non-hydrogen) atoms. The largest absolute Gasteiger partial charge is 0.489 e. The van der Waals surface area contributed by atoms with Gasteiger partial charge in [0.05, 0.1) is 19.3 Å². The van der Waals surface area contributed by atoms with Crippen molar-refractivity contribution in [2.75, 3.05) is 26.9 Å². The lowest BCUT2D eigenvalue weighted by Gasteiger charge is -2.21. The molecule has 0 saturated carbocycles. The summed E-state index contributed by atoms with van der Waals surface area (Å²) in [4.78, 5) is 16.0. The summed E-state index contributed by atoms with van der Waals surface area (Å²) < 4.78 is 21.9. The molecule has 1 fully saturated rings. The standard InChI is InChI=1S/C26H27NO5/c1-29-26(28)21-7-5-19(6-8-21)17-31-24-4-2-3-22(15-24)23-9-10-25(27-16-23)32-18-20-11-13-30-14-12-20/h2-10,15-16,20H,11-14,17-18H2,1H3. The van der Waals surface area contributed by atoms with E-state index in [1.807, 2.05) is 54.7 Å². The van der Waals surface area contributed by atoms with Gasteiger partial charge in [-0.05, 0) is 60.2 Å². The number of carbonyl (C=O) groups is 1. The lowest BCUT2D eigenvalue weighted by Crippen LogP contribution is -2.21. The summed E-state index contributed by atoms with van der Waals surface area (Å²) >= 11 is 0. The highest BCUT2D eigenvalue weighted by molar-refractivity contribution is 5.89. The molecular weight excluding hydrogens is 406 g/mol. The first-order valence-corrected chi connectivity index (χ1v) is 10.8. The van der Waals surface area contributed by atoms with Gasteiger partial charge in [-0.25, -0.2) is 9.78 Å². The summed E-state index contributed by atoms with van der Waals surface area (Å²) in [7, 11) is 1.37. The van der Waals surface area contributed by atoms with Crippen molar-refractivity contribution in [3.05, 3.63) is 78.0 Å². The van der Waals surface area contributed by atoms with Crippen LogP contribution in [0.15, 0.2) is 66.9 Å². The number of methoxy groups -OCH3 is 1. The van der Waals surface area contributed by atoms with Gasteiger partial charge in [0.1, 0.15) is 12.4 Å². The van der Waals surface area contributed by atoms with E-state index in [2.05, 4.69) is 4.98 Å². The molecule has 0 amide bonds. The number of benzene rings is 2. The molecular formula is C26H27NO5. The van der Waals surface area contributed by atoms with Gasteiger partial charge in [0.25, 0.3) is 0 Å². The molecule has 1 aromatic heterocycles. The normalized spacial score (nSPS) is 14.0. The molecule has 166 valence electrons. The average molecular weight is 434 g/mol. The first kappa shape index (κ1) is 21.8. The van der Waals surface area contributed by atoms with Crippen LogP contribution in [0.2, 0.25) is 0 Å². The van der Waals surface area contributed by atoms with Crippen LogP contribution in [0.5, 0.6) is 11.6 Å². The topological polar surface area (TPSA) is 66.9 Å². The van der Waals surface area contributed by atoms with Crippen molar-refractivity contribution in [2.45, 2.75) is 19.4 Å². The van der Waals surface area contributed by atoms with E-state index in [1.165, 1.54) is 7.11 Å². The zero-order chi connectivity index (χ0) is 22.2. The molecule has 0 N–H and O–H groups in total. The van der Waals surface area contributed by atoms with E-state index in [9.17, 15) is 4.79 Å².